The van der Waals surface area contributed by atoms with Crippen LogP contribution < -0.4 is 10.6 Å². The summed E-state index contributed by atoms with van der Waals surface area (Å²) in [5.41, 5.74) is 2.15. The molecule has 0 bridgehead atoms. The van der Waals surface area contributed by atoms with Gasteiger partial charge in [0.25, 0.3) is 0 Å². The van der Waals surface area contributed by atoms with E-state index in [1.54, 1.807) is 0 Å². The number of hydrogen-bond acceptors (Lipinski definition) is 2. The molecule has 0 saturated carbocycles. The molecule has 0 aromatic carbocycles. The van der Waals surface area contributed by atoms with Crippen LogP contribution in [-0.2, 0) is 4.79 Å². The van der Waals surface area contributed by atoms with Gasteiger partial charge in [-0.2, -0.15) is 0 Å². The number of nitrogens with one attached hydrogen (secondary N) is 2. The molecule has 2 N–H and O–H groups in total. The van der Waals surface area contributed by atoms with Crippen molar-refractivity contribution in [2.24, 2.45) is 0 Å². The number of carbonyl (C=O) groups is 1. The molecule has 0 fully saturated rings. The fourth-order valence-electron chi connectivity index (χ4n) is 1.81. The first-order valence-electron chi connectivity index (χ1n) is 6.03. The van der Waals surface area contributed by atoms with E-state index in [4.69, 9.17) is 0 Å². The molecule has 1 aliphatic carbocycles. The highest BCUT2D eigenvalue weighted by molar-refractivity contribution is 5.94. The van der Waals surface area contributed by atoms with E-state index in [1.807, 2.05) is 0 Å². The molecule has 15 heavy (non-hydrogen) atoms. The van der Waals surface area contributed by atoms with Crippen LogP contribution in [0.3, 0.4) is 0 Å². The molecule has 0 aromatic heterocycles. The van der Waals surface area contributed by atoms with Crippen LogP contribution in [0.15, 0.2) is 11.3 Å². The number of rotatable bonds is 6. The lowest BCUT2D eigenvalue weighted by molar-refractivity contribution is -0.117. The van der Waals surface area contributed by atoms with Gasteiger partial charge >= 0.3 is 0 Å². The van der Waals surface area contributed by atoms with E-state index in [0.29, 0.717) is 0 Å². The van der Waals surface area contributed by atoms with Crippen molar-refractivity contribution in [1.82, 2.24) is 10.6 Å². The maximum atomic E-state index is 11.8. The predicted molar refractivity (Wildman–Crippen MR) is 62.5 cm³/mol. The quantitative estimate of drug-likeness (QED) is 0.703. The van der Waals surface area contributed by atoms with Crippen molar-refractivity contribution >= 4 is 5.91 Å². The average molecular weight is 210 g/mol. The standard InChI is InChI=1S/C12H22N2O/c1-3-8-13-11-7-5-6-10(11)12(15)14-9-4-2/h13H,3-9H2,1-2H3,(H,14,15). The summed E-state index contributed by atoms with van der Waals surface area (Å²) in [6.45, 7) is 5.96. The third-order valence-corrected chi connectivity index (χ3v) is 2.62. The lowest BCUT2D eigenvalue weighted by Gasteiger charge is -2.09. The minimum atomic E-state index is 0.132. The molecule has 1 aliphatic rings. The molecule has 86 valence electrons. The van der Waals surface area contributed by atoms with Crippen LogP contribution in [-0.4, -0.2) is 19.0 Å². The summed E-state index contributed by atoms with van der Waals surface area (Å²) in [5, 5.41) is 6.30. The summed E-state index contributed by atoms with van der Waals surface area (Å²) in [6.07, 6.45) is 5.18. The fraction of sp³-hybridized carbons (Fsp3) is 0.750. The second kappa shape index (κ2) is 6.49. The summed E-state index contributed by atoms with van der Waals surface area (Å²) in [6, 6.07) is 0. The average Bonchev–Trinajstić information content (AvgIpc) is 2.71. The third kappa shape index (κ3) is 3.57. The SMILES string of the molecule is CCCNC(=O)C1=C(NCCC)CCC1. The van der Waals surface area contributed by atoms with Gasteiger partial charge in [0.05, 0.1) is 0 Å². The Morgan fingerprint density at radius 3 is 2.60 bits per heavy atom. The molecule has 0 atom stereocenters. The Balaban J connectivity index is 2.51. The molecule has 3 heteroatoms. The monoisotopic (exact) mass is 210 g/mol. The van der Waals surface area contributed by atoms with Crippen LogP contribution >= 0.6 is 0 Å². The Labute approximate surface area is 92.3 Å². The van der Waals surface area contributed by atoms with Gasteiger partial charge in [0, 0.05) is 24.4 Å². The third-order valence-electron chi connectivity index (χ3n) is 2.62. The summed E-state index contributed by atoms with van der Waals surface area (Å²) in [4.78, 5) is 11.8. The van der Waals surface area contributed by atoms with Gasteiger partial charge in [-0.15, -0.1) is 0 Å². The van der Waals surface area contributed by atoms with Crippen molar-refractivity contribution < 1.29 is 4.79 Å². The van der Waals surface area contributed by atoms with E-state index < -0.39 is 0 Å². The summed E-state index contributed by atoms with van der Waals surface area (Å²) in [5.74, 6) is 0.132. The van der Waals surface area contributed by atoms with Gasteiger partial charge < -0.3 is 10.6 Å². The van der Waals surface area contributed by atoms with Crippen molar-refractivity contribution in [1.29, 1.82) is 0 Å². The van der Waals surface area contributed by atoms with Crippen LogP contribution in [0.2, 0.25) is 0 Å². The molecule has 0 spiro atoms. The zero-order chi connectivity index (χ0) is 11.1. The van der Waals surface area contributed by atoms with Crippen molar-refractivity contribution in [3.63, 3.8) is 0 Å². The fourth-order valence-corrected chi connectivity index (χ4v) is 1.81. The maximum absolute atomic E-state index is 11.8. The zero-order valence-electron chi connectivity index (χ0n) is 9.86. The molecule has 0 aliphatic heterocycles. The van der Waals surface area contributed by atoms with Gasteiger partial charge in [0.15, 0.2) is 0 Å². The molecular weight excluding hydrogens is 188 g/mol. The first-order valence-corrected chi connectivity index (χ1v) is 6.03. The summed E-state index contributed by atoms with van der Waals surface area (Å²) < 4.78 is 0. The van der Waals surface area contributed by atoms with Crippen molar-refractivity contribution in [3.05, 3.63) is 11.3 Å². The van der Waals surface area contributed by atoms with Crippen molar-refractivity contribution in [3.8, 4) is 0 Å². The molecule has 0 saturated heterocycles. The van der Waals surface area contributed by atoms with Gasteiger partial charge in [-0.05, 0) is 32.1 Å². The van der Waals surface area contributed by atoms with E-state index in [2.05, 4.69) is 24.5 Å². The smallest absolute Gasteiger partial charge is 0.248 e. The summed E-state index contributed by atoms with van der Waals surface area (Å²) in [7, 11) is 0. The first kappa shape index (κ1) is 12.1. The summed E-state index contributed by atoms with van der Waals surface area (Å²) >= 11 is 0. The molecule has 0 heterocycles. The molecule has 0 aromatic rings. The normalized spacial score (nSPS) is 15.6. The van der Waals surface area contributed by atoms with Gasteiger partial charge in [0.1, 0.15) is 0 Å². The number of allylic oxidation sites excluding steroid dienone is 1. The van der Waals surface area contributed by atoms with Crippen molar-refractivity contribution in [2.75, 3.05) is 13.1 Å². The van der Waals surface area contributed by atoms with Crippen LogP contribution in [0.4, 0.5) is 0 Å². The van der Waals surface area contributed by atoms with E-state index in [0.717, 1.165) is 50.8 Å². The molecule has 1 rings (SSSR count). The topological polar surface area (TPSA) is 41.1 Å². The largest absolute Gasteiger partial charge is 0.388 e. The minimum Gasteiger partial charge on any atom is -0.388 e. The van der Waals surface area contributed by atoms with E-state index in [1.165, 1.54) is 5.70 Å². The van der Waals surface area contributed by atoms with Crippen LogP contribution in [0.5, 0.6) is 0 Å². The first-order chi connectivity index (χ1) is 7.29. The van der Waals surface area contributed by atoms with E-state index in [9.17, 15) is 4.79 Å². The lowest BCUT2D eigenvalue weighted by atomic mass is 10.2. The van der Waals surface area contributed by atoms with Gasteiger partial charge in [-0.25, -0.2) is 0 Å². The van der Waals surface area contributed by atoms with Crippen molar-refractivity contribution in [2.45, 2.75) is 46.0 Å². The van der Waals surface area contributed by atoms with Crippen LogP contribution in [0, 0.1) is 0 Å². The molecule has 0 unspecified atom stereocenters. The Hall–Kier alpha value is -0.990. The zero-order valence-corrected chi connectivity index (χ0v) is 9.86. The van der Waals surface area contributed by atoms with E-state index in [-0.39, 0.29) is 5.91 Å². The Morgan fingerprint density at radius 2 is 1.93 bits per heavy atom. The van der Waals surface area contributed by atoms with Crippen LogP contribution in [0.25, 0.3) is 0 Å². The minimum absolute atomic E-state index is 0.132. The van der Waals surface area contributed by atoms with Crippen LogP contribution in [0.1, 0.15) is 46.0 Å². The number of hydrogen-bond donors (Lipinski definition) is 2. The van der Waals surface area contributed by atoms with Gasteiger partial charge in [-0.3, -0.25) is 4.79 Å². The number of carbonyl (C=O) groups excluding carboxylic acids is 1. The van der Waals surface area contributed by atoms with Gasteiger partial charge in [0.2, 0.25) is 5.91 Å². The highest BCUT2D eigenvalue weighted by Gasteiger charge is 2.19. The maximum Gasteiger partial charge on any atom is 0.248 e. The highest BCUT2D eigenvalue weighted by atomic mass is 16.1. The second-order valence-electron chi connectivity index (χ2n) is 3.99. The highest BCUT2D eigenvalue weighted by Crippen LogP contribution is 2.23. The lowest BCUT2D eigenvalue weighted by Crippen LogP contribution is -2.27. The predicted octanol–water partition coefficient (Wildman–Crippen LogP) is 1.95. The van der Waals surface area contributed by atoms with E-state index >= 15 is 0 Å². The Bertz CT molecular complexity index is 246. The molecule has 3 nitrogen and oxygen atoms in total. The Morgan fingerprint density at radius 1 is 1.20 bits per heavy atom. The molecule has 1 amide bonds. The molecular formula is C12H22N2O. The number of amides is 1. The Kier molecular flexibility index (Phi) is 5.22. The molecule has 0 radical (unpaired) electrons. The second-order valence-corrected chi connectivity index (χ2v) is 3.99. The van der Waals surface area contributed by atoms with Gasteiger partial charge in [-0.1, -0.05) is 13.8 Å².